The second kappa shape index (κ2) is 7.35. The van der Waals surface area contributed by atoms with E-state index in [2.05, 4.69) is 21.2 Å². The van der Waals surface area contributed by atoms with Gasteiger partial charge >= 0.3 is 0 Å². The van der Waals surface area contributed by atoms with E-state index in [0.29, 0.717) is 11.3 Å². The summed E-state index contributed by atoms with van der Waals surface area (Å²) in [6.45, 7) is 1.63. The molecule has 2 aromatic rings. The van der Waals surface area contributed by atoms with Gasteiger partial charge < -0.3 is 10.1 Å². The number of hydrogen-bond donors (Lipinski definition) is 1. The molecule has 1 atom stereocenters. The summed E-state index contributed by atoms with van der Waals surface area (Å²) in [5.74, 6) is -1.16. The minimum absolute atomic E-state index is 0.0293. The Kier molecular flexibility index (Phi) is 5.49. The molecule has 0 saturated heterocycles. The molecule has 3 nitrogen and oxygen atoms in total. The molecule has 2 rings (SSSR count). The summed E-state index contributed by atoms with van der Waals surface area (Å²) in [7, 11) is 0. The highest BCUT2D eigenvalue weighted by Gasteiger charge is 2.14. The minimum Gasteiger partial charge on any atom is -0.481 e. The summed E-state index contributed by atoms with van der Waals surface area (Å²) in [5, 5.41) is 2.58. The van der Waals surface area contributed by atoms with Gasteiger partial charge in [0.25, 0.3) is 5.91 Å². The van der Waals surface area contributed by atoms with Crippen LogP contribution in [0.5, 0.6) is 5.75 Å². The van der Waals surface area contributed by atoms with Gasteiger partial charge in [-0.15, -0.1) is 0 Å². The van der Waals surface area contributed by atoms with Crippen molar-refractivity contribution in [3.05, 3.63) is 64.1 Å². The zero-order chi connectivity index (χ0) is 16.1. The Morgan fingerprint density at radius 1 is 1.18 bits per heavy atom. The summed E-state index contributed by atoms with van der Waals surface area (Å²) in [4.78, 5) is 11.9. The van der Waals surface area contributed by atoms with Gasteiger partial charge in [0, 0.05) is 17.1 Å². The van der Waals surface area contributed by atoms with E-state index in [1.54, 1.807) is 31.2 Å². The van der Waals surface area contributed by atoms with Crippen molar-refractivity contribution in [1.29, 1.82) is 0 Å². The zero-order valence-electron chi connectivity index (χ0n) is 11.8. The van der Waals surface area contributed by atoms with Crippen LogP contribution < -0.4 is 10.1 Å². The molecule has 6 heteroatoms. The second-order valence-electron chi connectivity index (χ2n) is 4.71. The van der Waals surface area contributed by atoms with Crippen LogP contribution in [0.3, 0.4) is 0 Å². The van der Waals surface area contributed by atoms with Gasteiger partial charge in [-0.05, 0) is 48.9 Å². The number of carbonyl (C=O) groups excluding carboxylic acids is 1. The van der Waals surface area contributed by atoms with Gasteiger partial charge in [-0.2, -0.15) is 0 Å². The number of ether oxygens (including phenoxy) is 1. The maximum Gasteiger partial charge on any atom is 0.261 e. The Labute approximate surface area is 135 Å². The van der Waals surface area contributed by atoms with Crippen LogP contribution in [0.1, 0.15) is 12.5 Å². The Bertz CT molecular complexity index is 641. The van der Waals surface area contributed by atoms with Gasteiger partial charge in [-0.3, -0.25) is 4.79 Å². The Morgan fingerprint density at radius 2 is 1.77 bits per heavy atom. The fraction of sp³-hybridized carbons (Fsp3) is 0.188. The average Bonchev–Trinajstić information content (AvgIpc) is 2.46. The normalized spacial score (nSPS) is 11.8. The molecule has 0 aliphatic heterocycles. The fourth-order valence-electron chi connectivity index (χ4n) is 1.82. The van der Waals surface area contributed by atoms with E-state index < -0.39 is 17.7 Å². The van der Waals surface area contributed by atoms with E-state index in [9.17, 15) is 13.6 Å². The standard InChI is InChI=1S/C16H14BrF2NO2/c1-10(22-15-4-2-12(17)3-5-15)16(21)20-9-11-6-13(18)8-14(19)7-11/h2-8,10H,9H2,1H3,(H,20,21). The molecule has 1 N–H and O–H groups in total. The molecule has 0 radical (unpaired) electrons. The van der Waals surface area contributed by atoms with Crippen molar-refractivity contribution in [1.82, 2.24) is 5.32 Å². The number of nitrogens with one attached hydrogen (secondary N) is 1. The van der Waals surface area contributed by atoms with Crippen LogP contribution in [-0.2, 0) is 11.3 Å². The number of amides is 1. The highest BCUT2D eigenvalue weighted by Crippen LogP contribution is 2.17. The van der Waals surface area contributed by atoms with Crippen LogP contribution in [-0.4, -0.2) is 12.0 Å². The van der Waals surface area contributed by atoms with E-state index >= 15 is 0 Å². The monoisotopic (exact) mass is 369 g/mol. The summed E-state index contributed by atoms with van der Waals surface area (Å²) in [5.41, 5.74) is 0.349. The molecule has 2 aromatic carbocycles. The summed E-state index contributed by atoms with van der Waals surface area (Å²) < 4.78 is 32.5. The molecule has 0 bridgehead atoms. The van der Waals surface area contributed by atoms with Crippen molar-refractivity contribution >= 4 is 21.8 Å². The Hall–Kier alpha value is -1.95. The first-order valence-corrected chi connectivity index (χ1v) is 7.38. The third kappa shape index (κ3) is 4.80. The Morgan fingerprint density at radius 3 is 2.36 bits per heavy atom. The maximum atomic E-state index is 13.0. The van der Waals surface area contributed by atoms with Crippen LogP contribution >= 0.6 is 15.9 Å². The largest absolute Gasteiger partial charge is 0.481 e. The lowest BCUT2D eigenvalue weighted by atomic mass is 10.2. The highest BCUT2D eigenvalue weighted by atomic mass is 79.9. The zero-order valence-corrected chi connectivity index (χ0v) is 13.4. The van der Waals surface area contributed by atoms with Crippen molar-refractivity contribution in [2.75, 3.05) is 0 Å². The first kappa shape index (κ1) is 16.4. The molecule has 0 aliphatic rings. The topological polar surface area (TPSA) is 38.3 Å². The van der Waals surface area contributed by atoms with Crippen LogP contribution in [0.25, 0.3) is 0 Å². The van der Waals surface area contributed by atoms with Crippen LogP contribution in [0, 0.1) is 11.6 Å². The van der Waals surface area contributed by atoms with E-state index in [4.69, 9.17) is 4.74 Å². The van der Waals surface area contributed by atoms with Gasteiger partial charge in [0.15, 0.2) is 6.10 Å². The summed E-state index contributed by atoms with van der Waals surface area (Å²) in [6, 6.07) is 10.2. The third-order valence-electron chi connectivity index (χ3n) is 2.88. The van der Waals surface area contributed by atoms with E-state index in [1.165, 1.54) is 12.1 Å². The van der Waals surface area contributed by atoms with Gasteiger partial charge in [-0.1, -0.05) is 15.9 Å². The lowest BCUT2D eigenvalue weighted by molar-refractivity contribution is -0.127. The summed E-state index contributed by atoms with van der Waals surface area (Å²) in [6.07, 6.45) is -0.723. The number of hydrogen-bond acceptors (Lipinski definition) is 2. The molecular formula is C16H14BrF2NO2. The van der Waals surface area contributed by atoms with E-state index in [1.807, 2.05) is 0 Å². The first-order chi connectivity index (χ1) is 10.4. The van der Waals surface area contributed by atoms with Crippen molar-refractivity contribution < 1.29 is 18.3 Å². The van der Waals surface area contributed by atoms with Crippen LogP contribution in [0.2, 0.25) is 0 Å². The lowest BCUT2D eigenvalue weighted by Gasteiger charge is -2.15. The van der Waals surface area contributed by atoms with Crippen molar-refractivity contribution in [2.45, 2.75) is 19.6 Å². The van der Waals surface area contributed by atoms with Crippen molar-refractivity contribution in [3.8, 4) is 5.75 Å². The number of halogens is 3. The quantitative estimate of drug-likeness (QED) is 0.869. The molecule has 22 heavy (non-hydrogen) atoms. The minimum atomic E-state index is -0.723. The van der Waals surface area contributed by atoms with Crippen LogP contribution in [0.4, 0.5) is 8.78 Å². The average molecular weight is 370 g/mol. The molecule has 0 saturated carbocycles. The van der Waals surface area contributed by atoms with E-state index in [0.717, 1.165) is 10.5 Å². The van der Waals surface area contributed by atoms with E-state index in [-0.39, 0.29) is 12.5 Å². The Balaban J connectivity index is 1.89. The molecule has 1 amide bonds. The highest BCUT2D eigenvalue weighted by molar-refractivity contribution is 9.10. The predicted molar refractivity (Wildman–Crippen MR) is 82.4 cm³/mol. The number of carbonyl (C=O) groups is 1. The van der Waals surface area contributed by atoms with Gasteiger partial charge in [0.1, 0.15) is 17.4 Å². The molecular weight excluding hydrogens is 356 g/mol. The fourth-order valence-corrected chi connectivity index (χ4v) is 2.08. The second-order valence-corrected chi connectivity index (χ2v) is 5.63. The SMILES string of the molecule is CC(Oc1ccc(Br)cc1)C(=O)NCc1cc(F)cc(F)c1. The number of benzene rings is 2. The molecule has 0 spiro atoms. The van der Waals surface area contributed by atoms with Crippen molar-refractivity contribution in [2.24, 2.45) is 0 Å². The summed E-state index contributed by atoms with van der Waals surface area (Å²) >= 11 is 3.31. The molecule has 0 heterocycles. The maximum absolute atomic E-state index is 13.0. The molecule has 0 aromatic heterocycles. The van der Waals surface area contributed by atoms with Gasteiger partial charge in [0.05, 0.1) is 0 Å². The first-order valence-electron chi connectivity index (χ1n) is 6.59. The predicted octanol–water partition coefficient (Wildman–Crippen LogP) is 3.81. The molecule has 116 valence electrons. The third-order valence-corrected chi connectivity index (χ3v) is 3.41. The molecule has 1 unspecified atom stereocenters. The van der Waals surface area contributed by atoms with Crippen LogP contribution in [0.15, 0.2) is 46.9 Å². The lowest BCUT2D eigenvalue weighted by Crippen LogP contribution is -2.35. The number of rotatable bonds is 5. The molecule has 0 fully saturated rings. The smallest absolute Gasteiger partial charge is 0.261 e. The van der Waals surface area contributed by atoms with Gasteiger partial charge in [-0.25, -0.2) is 8.78 Å². The van der Waals surface area contributed by atoms with Gasteiger partial charge in [0.2, 0.25) is 0 Å². The molecule has 0 aliphatic carbocycles. The van der Waals surface area contributed by atoms with Crippen molar-refractivity contribution in [3.63, 3.8) is 0 Å².